The summed E-state index contributed by atoms with van der Waals surface area (Å²) in [6, 6.07) is -0.227. The predicted molar refractivity (Wildman–Crippen MR) is 38.3 cm³/mol. The van der Waals surface area contributed by atoms with Gasteiger partial charge >= 0.3 is 5.97 Å². The van der Waals surface area contributed by atoms with E-state index in [-0.39, 0.29) is 18.4 Å². The van der Waals surface area contributed by atoms with Crippen LogP contribution in [0.2, 0.25) is 0 Å². The summed E-state index contributed by atoms with van der Waals surface area (Å²) in [5.41, 5.74) is 0. The van der Waals surface area contributed by atoms with E-state index >= 15 is 0 Å². The molecule has 0 aromatic heterocycles. The largest absolute Gasteiger partial charge is 0.480 e. The van der Waals surface area contributed by atoms with Gasteiger partial charge in [-0.05, 0) is 24.8 Å². The summed E-state index contributed by atoms with van der Waals surface area (Å²) in [6.07, 6.45) is 1.13. The molecule has 4 heteroatoms. The lowest BCUT2D eigenvalue weighted by molar-refractivity contribution is -0.139. The van der Waals surface area contributed by atoms with Gasteiger partial charge in [-0.25, -0.2) is 0 Å². The number of fused-ring (bicyclic) bond motifs is 1. The first-order valence-electron chi connectivity index (χ1n) is 3.25. The van der Waals surface area contributed by atoms with Crippen molar-refractivity contribution in [2.24, 2.45) is 11.8 Å². The summed E-state index contributed by atoms with van der Waals surface area (Å²) >= 11 is 0. The molecule has 2 N–H and O–H groups in total. The summed E-state index contributed by atoms with van der Waals surface area (Å²) in [4.78, 5) is 10.4. The molecule has 0 amide bonds. The quantitative estimate of drug-likeness (QED) is 0.577. The highest BCUT2D eigenvalue weighted by Crippen LogP contribution is 2.44. The molecule has 3 nitrogen and oxygen atoms in total. The first-order valence-corrected chi connectivity index (χ1v) is 3.25. The summed E-state index contributed by atoms with van der Waals surface area (Å²) in [7, 11) is 0. The average molecular weight is 164 g/mol. The van der Waals surface area contributed by atoms with Crippen LogP contribution < -0.4 is 5.32 Å². The molecule has 0 spiro atoms. The SMILES string of the molecule is Cl.O=C(O)[C@H]1NC[C@H]2C[C@H]21. The minimum Gasteiger partial charge on any atom is -0.480 e. The van der Waals surface area contributed by atoms with Crippen LogP contribution in [0, 0.1) is 11.8 Å². The minimum absolute atomic E-state index is 0. The zero-order valence-electron chi connectivity index (χ0n) is 5.41. The Kier molecular flexibility index (Phi) is 1.88. The number of hydrogen-bond donors (Lipinski definition) is 2. The zero-order chi connectivity index (χ0) is 6.43. The number of carbonyl (C=O) groups is 1. The Bertz CT molecular complexity index is 162. The highest BCUT2D eigenvalue weighted by atomic mass is 35.5. The summed E-state index contributed by atoms with van der Waals surface area (Å²) in [5, 5.41) is 11.5. The van der Waals surface area contributed by atoms with Gasteiger partial charge in [0.25, 0.3) is 0 Å². The first kappa shape index (κ1) is 7.82. The fraction of sp³-hybridized carbons (Fsp3) is 0.833. The molecule has 0 unspecified atom stereocenters. The van der Waals surface area contributed by atoms with Crippen molar-refractivity contribution in [2.45, 2.75) is 12.5 Å². The lowest BCUT2D eigenvalue weighted by Gasteiger charge is -2.04. The lowest BCUT2D eigenvalue weighted by Crippen LogP contribution is -2.34. The first-order chi connectivity index (χ1) is 4.29. The number of rotatable bonds is 1. The number of piperidine rings is 1. The molecule has 0 bridgehead atoms. The van der Waals surface area contributed by atoms with Crippen LogP contribution in [0.3, 0.4) is 0 Å². The standard InChI is InChI=1S/C6H9NO2.ClH/c8-6(9)5-4-1-3(4)2-7-5;/h3-5,7H,1-2H2,(H,8,9);1H/t3-,4-,5+;/m1./s1. The maximum Gasteiger partial charge on any atom is 0.320 e. The van der Waals surface area contributed by atoms with Crippen LogP contribution in [-0.2, 0) is 4.79 Å². The third-order valence-electron chi connectivity index (χ3n) is 2.27. The maximum atomic E-state index is 10.4. The molecule has 2 aliphatic rings. The predicted octanol–water partition coefficient (Wildman–Crippen LogP) is 0.101. The summed E-state index contributed by atoms with van der Waals surface area (Å²) in [6.45, 7) is 0.918. The van der Waals surface area contributed by atoms with E-state index < -0.39 is 5.97 Å². The van der Waals surface area contributed by atoms with Crippen molar-refractivity contribution in [1.82, 2.24) is 5.32 Å². The van der Waals surface area contributed by atoms with Crippen molar-refractivity contribution >= 4 is 18.4 Å². The summed E-state index contributed by atoms with van der Waals surface area (Å²) in [5.74, 6) is 0.466. The van der Waals surface area contributed by atoms with E-state index in [1.807, 2.05) is 0 Å². The third kappa shape index (κ3) is 0.995. The Morgan fingerprint density at radius 1 is 1.60 bits per heavy atom. The number of carboxylic acids is 1. The van der Waals surface area contributed by atoms with Crippen LogP contribution in [0.1, 0.15) is 6.42 Å². The number of nitrogens with one attached hydrogen (secondary N) is 1. The van der Waals surface area contributed by atoms with Crippen molar-refractivity contribution < 1.29 is 9.90 Å². The number of hydrogen-bond acceptors (Lipinski definition) is 2. The molecular formula is C6H10ClNO2. The van der Waals surface area contributed by atoms with Crippen LogP contribution in [0.5, 0.6) is 0 Å². The maximum absolute atomic E-state index is 10.4. The van der Waals surface area contributed by atoms with E-state index in [2.05, 4.69) is 5.32 Å². The van der Waals surface area contributed by atoms with Gasteiger partial charge in [0.1, 0.15) is 6.04 Å². The van der Waals surface area contributed by atoms with Gasteiger partial charge in [-0.15, -0.1) is 12.4 Å². The second-order valence-electron chi connectivity index (χ2n) is 2.88. The molecule has 10 heavy (non-hydrogen) atoms. The molecule has 1 saturated heterocycles. The number of halogens is 1. The van der Waals surface area contributed by atoms with Crippen molar-refractivity contribution in [2.75, 3.05) is 6.54 Å². The van der Waals surface area contributed by atoms with E-state index in [0.29, 0.717) is 11.8 Å². The minimum atomic E-state index is -0.681. The molecule has 1 saturated carbocycles. The van der Waals surface area contributed by atoms with Gasteiger partial charge in [-0.3, -0.25) is 4.79 Å². The monoisotopic (exact) mass is 163 g/mol. The molecule has 2 rings (SSSR count). The van der Waals surface area contributed by atoms with Crippen LogP contribution in [-0.4, -0.2) is 23.7 Å². The van der Waals surface area contributed by atoms with Crippen LogP contribution in [0.25, 0.3) is 0 Å². The zero-order valence-corrected chi connectivity index (χ0v) is 6.23. The van der Waals surface area contributed by atoms with Gasteiger partial charge in [-0.2, -0.15) is 0 Å². The van der Waals surface area contributed by atoms with Crippen molar-refractivity contribution in [1.29, 1.82) is 0 Å². The van der Waals surface area contributed by atoms with Gasteiger partial charge in [0.15, 0.2) is 0 Å². The van der Waals surface area contributed by atoms with Gasteiger partial charge in [0, 0.05) is 0 Å². The van der Waals surface area contributed by atoms with Crippen molar-refractivity contribution in [3.8, 4) is 0 Å². The Balaban J connectivity index is 0.000000500. The van der Waals surface area contributed by atoms with E-state index in [1.165, 1.54) is 0 Å². The second kappa shape index (κ2) is 2.40. The normalized spacial score (nSPS) is 41.8. The number of carboxylic acid groups (broad SMARTS) is 1. The highest BCUT2D eigenvalue weighted by Gasteiger charge is 2.51. The van der Waals surface area contributed by atoms with Crippen LogP contribution in [0.15, 0.2) is 0 Å². The average Bonchev–Trinajstić information content (AvgIpc) is 2.43. The van der Waals surface area contributed by atoms with Gasteiger partial charge < -0.3 is 10.4 Å². The van der Waals surface area contributed by atoms with E-state index in [9.17, 15) is 4.79 Å². The number of aliphatic carboxylic acids is 1. The molecule has 1 aliphatic heterocycles. The lowest BCUT2D eigenvalue weighted by atomic mass is 10.2. The van der Waals surface area contributed by atoms with Crippen molar-refractivity contribution in [3.05, 3.63) is 0 Å². The van der Waals surface area contributed by atoms with Crippen molar-refractivity contribution in [3.63, 3.8) is 0 Å². The van der Waals surface area contributed by atoms with Crippen LogP contribution in [0.4, 0.5) is 0 Å². The molecule has 3 atom stereocenters. The highest BCUT2D eigenvalue weighted by molar-refractivity contribution is 5.85. The Labute approximate surface area is 65.2 Å². The second-order valence-corrected chi connectivity index (χ2v) is 2.88. The summed E-state index contributed by atoms with van der Waals surface area (Å²) < 4.78 is 0. The Morgan fingerprint density at radius 2 is 2.30 bits per heavy atom. The Hall–Kier alpha value is -0.280. The molecule has 58 valence electrons. The Morgan fingerprint density at radius 3 is 2.50 bits per heavy atom. The molecule has 1 aliphatic carbocycles. The van der Waals surface area contributed by atoms with Crippen LogP contribution >= 0.6 is 12.4 Å². The molecule has 0 radical (unpaired) electrons. The molecular weight excluding hydrogens is 154 g/mol. The van der Waals surface area contributed by atoms with E-state index in [4.69, 9.17) is 5.11 Å². The third-order valence-corrected chi connectivity index (χ3v) is 2.27. The van der Waals surface area contributed by atoms with E-state index in [0.717, 1.165) is 13.0 Å². The molecule has 2 fully saturated rings. The van der Waals surface area contributed by atoms with E-state index in [1.54, 1.807) is 0 Å². The molecule has 0 aromatic rings. The van der Waals surface area contributed by atoms with Gasteiger partial charge in [0.05, 0.1) is 0 Å². The molecule has 0 aromatic carbocycles. The molecule has 1 heterocycles. The van der Waals surface area contributed by atoms with Gasteiger partial charge in [0.2, 0.25) is 0 Å². The fourth-order valence-corrected chi connectivity index (χ4v) is 1.61. The van der Waals surface area contributed by atoms with Gasteiger partial charge in [-0.1, -0.05) is 0 Å². The fourth-order valence-electron chi connectivity index (χ4n) is 1.61. The smallest absolute Gasteiger partial charge is 0.320 e. The topological polar surface area (TPSA) is 49.3 Å².